The van der Waals surface area contributed by atoms with Gasteiger partial charge < -0.3 is 5.32 Å². The third-order valence-corrected chi connectivity index (χ3v) is 4.55. The number of anilines is 2. The number of benzene rings is 3. The molecular formula is C21H13ClN2O3. The summed E-state index contributed by atoms with van der Waals surface area (Å²) in [6.07, 6.45) is 0. The predicted octanol–water partition coefficient (Wildman–Crippen LogP) is 4.39. The number of amides is 3. The maximum absolute atomic E-state index is 12.7. The van der Waals surface area contributed by atoms with E-state index in [0.29, 0.717) is 33.1 Å². The molecule has 3 amide bonds. The van der Waals surface area contributed by atoms with Gasteiger partial charge in [0.15, 0.2) is 0 Å². The highest BCUT2D eigenvalue weighted by Gasteiger charge is 2.37. The van der Waals surface area contributed by atoms with Crippen LogP contribution in [0.4, 0.5) is 11.4 Å². The molecule has 3 aromatic rings. The third-order valence-electron chi connectivity index (χ3n) is 4.29. The summed E-state index contributed by atoms with van der Waals surface area (Å²) in [4.78, 5) is 39.1. The molecule has 1 aliphatic rings. The number of nitrogens with one attached hydrogen (secondary N) is 1. The van der Waals surface area contributed by atoms with Gasteiger partial charge in [0.25, 0.3) is 17.7 Å². The highest BCUT2D eigenvalue weighted by Crippen LogP contribution is 2.33. The summed E-state index contributed by atoms with van der Waals surface area (Å²) < 4.78 is 0. The molecule has 0 aliphatic carbocycles. The zero-order valence-electron chi connectivity index (χ0n) is 14.0. The van der Waals surface area contributed by atoms with Crippen molar-refractivity contribution in [3.8, 4) is 0 Å². The largest absolute Gasteiger partial charge is 0.320 e. The van der Waals surface area contributed by atoms with Crippen LogP contribution in [-0.4, -0.2) is 17.7 Å². The summed E-state index contributed by atoms with van der Waals surface area (Å²) in [6, 6.07) is 19.8. The Balaban J connectivity index is 1.68. The number of rotatable bonds is 3. The Morgan fingerprint density at radius 1 is 0.778 bits per heavy atom. The Labute approximate surface area is 160 Å². The molecule has 0 atom stereocenters. The van der Waals surface area contributed by atoms with Gasteiger partial charge >= 0.3 is 0 Å². The molecule has 0 unspecified atom stereocenters. The second kappa shape index (κ2) is 6.70. The molecule has 5 nitrogen and oxygen atoms in total. The zero-order chi connectivity index (χ0) is 19.0. The van der Waals surface area contributed by atoms with Gasteiger partial charge in [-0.15, -0.1) is 0 Å². The monoisotopic (exact) mass is 376 g/mol. The van der Waals surface area contributed by atoms with E-state index >= 15 is 0 Å². The molecule has 0 saturated heterocycles. The summed E-state index contributed by atoms with van der Waals surface area (Å²) in [5.74, 6) is -1.19. The van der Waals surface area contributed by atoms with Crippen LogP contribution in [0.5, 0.6) is 0 Å². The molecule has 3 aromatic carbocycles. The summed E-state index contributed by atoms with van der Waals surface area (Å²) in [5.41, 5.74) is 1.80. The van der Waals surface area contributed by atoms with Crippen LogP contribution < -0.4 is 10.2 Å². The van der Waals surface area contributed by atoms with Crippen molar-refractivity contribution in [2.75, 3.05) is 10.2 Å². The summed E-state index contributed by atoms with van der Waals surface area (Å²) in [5, 5.41) is 3.29. The minimum Gasteiger partial charge on any atom is -0.320 e. The first-order valence-electron chi connectivity index (χ1n) is 8.20. The van der Waals surface area contributed by atoms with Crippen LogP contribution in [0, 0.1) is 0 Å². The summed E-state index contributed by atoms with van der Waals surface area (Å²) in [6.45, 7) is 0. The quantitative estimate of drug-likeness (QED) is 0.689. The zero-order valence-corrected chi connectivity index (χ0v) is 14.7. The van der Waals surface area contributed by atoms with Gasteiger partial charge in [0.1, 0.15) is 0 Å². The van der Waals surface area contributed by atoms with Gasteiger partial charge in [0.05, 0.1) is 22.5 Å². The van der Waals surface area contributed by atoms with Crippen LogP contribution in [0.25, 0.3) is 0 Å². The van der Waals surface area contributed by atoms with Crippen LogP contribution >= 0.6 is 11.6 Å². The molecule has 6 heteroatoms. The topological polar surface area (TPSA) is 66.5 Å². The lowest BCUT2D eigenvalue weighted by atomic mass is 10.1. The fourth-order valence-corrected chi connectivity index (χ4v) is 3.10. The maximum Gasteiger partial charge on any atom is 0.266 e. The Kier molecular flexibility index (Phi) is 4.22. The van der Waals surface area contributed by atoms with E-state index < -0.39 is 11.8 Å². The van der Waals surface area contributed by atoms with E-state index in [1.165, 1.54) is 0 Å². The lowest BCUT2D eigenvalue weighted by Crippen LogP contribution is -2.30. The second-order valence-corrected chi connectivity index (χ2v) is 6.41. The van der Waals surface area contributed by atoms with Crippen LogP contribution in [0.15, 0.2) is 72.8 Å². The third kappa shape index (κ3) is 2.98. The number of hydrogen-bond acceptors (Lipinski definition) is 3. The van der Waals surface area contributed by atoms with E-state index in [1.54, 1.807) is 72.8 Å². The van der Waals surface area contributed by atoms with Crippen molar-refractivity contribution in [3.63, 3.8) is 0 Å². The van der Waals surface area contributed by atoms with Crippen LogP contribution in [0.2, 0.25) is 5.02 Å². The van der Waals surface area contributed by atoms with E-state index in [2.05, 4.69) is 5.32 Å². The molecule has 1 heterocycles. The average Bonchev–Trinajstić information content (AvgIpc) is 2.94. The number of halogens is 1. The summed E-state index contributed by atoms with van der Waals surface area (Å²) in [7, 11) is 0. The molecule has 27 heavy (non-hydrogen) atoms. The van der Waals surface area contributed by atoms with Crippen LogP contribution in [-0.2, 0) is 0 Å². The first-order chi connectivity index (χ1) is 13.1. The van der Waals surface area contributed by atoms with Gasteiger partial charge in [-0.3, -0.25) is 14.4 Å². The minimum atomic E-state index is -0.413. The van der Waals surface area contributed by atoms with E-state index in [0.717, 1.165) is 4.90 Å². The number of nitrogens with zero attached hydrogens (tertiary/aromatic N) is 1. The highest BCUT2D eigenvalue weighted by atomic mass is 35.5. The Morgan fingerprint density at radius 3 is 1.96 bits per heavy atom. The van der Waals surface area contributed by atoms with Crippen molar-refractivity contribution in [1.82, 2.24) is 0 Å². The molecule has 1 N–H and O–H groups in total. The Bertz CT molecular complexity index is 1040. The lowest BCUT2D eigenvalue weighted by molar-refractivity contribution is 0.0924. The van der Waals surface area contributed by atoms with Crippen molar-refractivity contribution in [3.05, 3.63) is 94.5 Å². The number of para-hydroxylation sites is 2. The van der Waals surface area contributed by atoms with Crippen molar-refractivity contribution < 1.29 is 14.4 Å². The maximum atomic E-state index is 12.7. The van der Waals surface area contributed by atoms with Crippen molar-refractivity contribution in [2.45, 2.75) is 0 Å². The number of hydrogen-bond donors (Lipinski definition) is 1. The van der Waals surface area contributed by atoms with Gasteiger partial charge in [-0.05, 0) is 48.5 Å². The van der Waals surface area contributed by atoms with E-state index in [4.69, 9.17) is 11.6 Å². The number of carbonyl (C=O) groups excluding carboxylic acids is 3. The molecule has 0 radical (unpaired) electrons. The Morgan fingerprint density at radius 2 is 1.33 bits per heavy atom. The highest BCUT2D eigenvalue weighted by molar-refractivity contribution is 6.35. The lowest BCUT2D eigenvalue weighted by Gasteiger charge is -2.18. The van der Waals surface area contributed by atoms with E-state index in [9.17, 15) is 14.4 Å². The fourth-order valence-electron chi connectivity index (χ4n) is 2.98. The van der Waals surface area contributed by atoms with Crippen LogP contribution in [0.1, 0.15) is 31.1 Å². The molecule has 4 rings (SSSR count). The van der Waals surface area contributed by atoms with Crippen LogP contribution in [0.3, 0.4) is 0 Å². The fraction of sp³-hybridized carbons (Fsp3) is 0. The van der Waals surface area contributed by atoms with Gasteiger partial charge in [0.2, 0.25) is 0 Å². The normalized spacial score (nSPS) is 12.9. The average molecular weight is 377 g/mol. The molecule has 0 bridgehead atoms. The van der Waals surface area contributed by atoms with Gasteiger partial charge in [-0.1, -0.05) is 35.9 Å². The SMILES string of the molecule is O=C(Nc1ccccc1N1C(=O)c2ccccc2C1=O)c1ccc(Cl)cc1. The molecule has 0 aromatic heterocycles. The number of fused-ring (bicyclic) bond motifs is 1. The van der Waals surface area contributed by atoms with Gasteiger partial charge in [0, 0.05) is 10.6 Å². The van der Waals surface area contributed by atoms with E-state index in [1.807, 2.05) is 0 Å². The summed E-state index contributed by atoms with van der Waals surface area (Å²) >= 11 is 5.85. The molecule has 0 fully saturated rings. The smallest absolute Gasteiger partial charge is 0.266 e. The van der Waals surface area contributed by atoms with Crippen molar-refractivity contribution in [2.24, 2.45) is 0 Å². The molecule has 132 valence electrons. The minimum absolute atomic E-state index is 0.325. The number of carbonyl (C=O) groups is 3. The van der Waals surface area contributed by atoms with Crippen molar-refractivity contribution in [1.29, 1.82) is 0 Å². The molecule has 1 aliphatic heterocycles. The Hall–Kier alpha value is -3.44. The van der Waals surface area contributed by atoms with Gasteiger partial charge in [-0.2, -0.15) is 0 Å². The molecule has 0 spiro atoms. The molecular weight excluding hydrogens is 364 g/mol. The van der Waals surface area contributed by atoms with E-state index in [-0.39, 0.29) is 5.91 Å². The standard InChI is InChI=1S/C21H13ClN2O3/c22-14-11-9-13(10-12-14)19(25)23-17-7-3-4-8-18(17)24-20(26)15-5-1-2-6-16(15)21(24)27/h1-12H,(H,23,25). The van der Waals surface area contributed by atoms with Crippen molar-refractivity contribution >= 4 is 40.7 Å². The van der Waals surface area contributed by atoms with Gasteiger partial charge in [-0.25, -0.2) is 4.90 Å². The number of imide groups is 1. The second-order valence-electron chi connectivity index (χ2n) is 5.97. The predicted molar refractivity (Wildman–Crippen MR) is 103 cm³/mol. The first-order valence-corrected chi connectivity index (χ1v) is 8.58. The molecule has 0 saturated carbocycles. The first kappa shape index (κ1) is 17.0.